The van der Waals surface area contributed by atoms with Crippen molar-refractivity contribution >= 4 is 83.0 Å². The lowest BCUT2D eigenvalue weighted by atomic mass is 9.92. The van der Waals surface area contributed by atoms with E-state index in [9.17, 15) is 16.8 Å². The molecule has 0 amide bonds. The van der Waals surface area contributed by atoms with Gasteiger partial charge < -0.3 is 27.1 Å². The highest BCUT2D eigenvalue weighted by molar-refractivity contribution is 7.89. The number of sulfonamides is 2. The van der Waals surface area contributed by atoms with Crippen molar-refractivity contribution < 1.29 is 16.8 Å². The average Bonchev–Trinajstić information content (AvgIpc) is 3.96. The van der Waals surface area contributed by atoms with E-state index in [2.05, 4.69) is 58.2 Å². The van der Waals surface area contributed by atoms with E-state index >= 15 is 0 Å². The normalized spacial score (nSPS) is 18.8. The number of nitrogens with zero attached hydrogens (tertiary/aromatic N) is 4. The largest absolute Gasteiger partial charge is 0.399 e. The lowest BCUT2D eigenvalue weighted by Gasteiger charge is -2.30. The molecule has 368 valence electrons. The minimum Gasteiger partial charge on any atom is -0.399 e. The fraction of sp³-hybridized carbons (Fsp3) is 0.294. The number of nitrogens with two attached hydrogens (primary N) is 2. The molecule has 15 nitrogen and oxygen atoms in total. The number of H-pyrrole nitrogens is 1. The van der Waals surface area contributed by atoms with E-state index in [-0.39, 0.29) is 48.8 Å². The van der Waals surface area contributed by atoms with E-state index in [4.69, 9.17) is 39.7 Å². The summed E-state index contributed by atoms with van der Waals surface area (Å²) >= 11 is 12.9. The van der Waals surface area contributed by atoms with Crippen molar-refractivity contribution in [3.05, 3.63) is 149 Å². The van der Waals surface area contributed by atoms with Crippen LogP contribution in [0.5, 0.6) is 0 Å². The van der Waals surface area contributed by atoms with Crippen LogP contribution in [0.4, 0.5) is 23.3 Å². The summed E-state index contributed by atoms with van der Waals surface area (Å²) in [6, 6.07) is 28.4. The van der Waals surface area contributed by atoms with Crippen LogP contribution < -0.4 is 31.5 Å². The first-order chi connectivity index (χ1) is 32.8. The molecule has 3 aliphatic rings. The molecule has 0 radical (unpaired) electrons. The number of para-hydroxylation sites is 1. The number of benzene rings is 4. The summed E-state index contributed by atoms with van der Waals surface area (Å²) in [7, 11) is -7.24. The van der Waals surface area contributed by atoms with Gasteiger partial charge >= 0.3 is 0 Å². The van der Waals surface area contributed by atoms with Crippen LogP contribution in [0, 0.1) is 0 Å². The Kier molecular flexibility index (Phi) is 16.5. The Bertz CT molecular complexity index is 3190. The maximum absolute atomic E-state index is 12.8. The molecular weight excluding hydrogens is 966 g/mol. The molecule has 2 saturated carbocycles. The van der Waals surface area contributed by atoms with Crippen molar-refractivity contribution in [1.82, 2.24) is 34.4 Å². The molecule has 0 aliphatic heterocycles. The van der Waals surface area contributed by atoms with Gasteiger partial charge in [-0.3, -0.25) is 0 Å². The Morgan fingerprint density at radius 3 is 1.64 bits per heavy atom. The summed E-state index contributed by atoms with van der Waals surface area (Å²) in [6.45, 7) is 0. The van der Waals surface area contributed by atoms with Gasteiger partial charge in [0.25, 0.3) is 0 Å². The van der Waals surface area contributed by atoms with Crippen LogP contribution in [-0.2, 0) is 26.5 Å². The molecule has 0 spiro atoms. The van der Waals surface area contributed by atoms with E-state index in [0.29, 0.717) is 57.5 Å². The highest BCUT2D eigenvalue weighted by Gasteiger charge is 2.29. The quantitative estimate of drug-likeness (QED) is 0.0566. The minimum atomic E-state index is -3.62. The predicted molar refractivity (Wildman–Crippen MR) is 284 cm³/mol. The Labute approximate surface area is 420 Å². The van der Waals surface area contributed by atoms with Gasteiger partial charge in [-0.1, -0.05) is 86.6 Å². The third-order valence-electron chi connectivity index (χ3n) is 12.5. The van der Waals surface area contributed by atoms with Crippen LogP contribution in [0.15, 0.2) is 132 Å². The number of nitrogen functional groups attached to an aromatic ring is 2. The molecule has 0 bridgehead atoms. The van der Waals surface area contributed by atoms with Gasteiger partial charge in [-0.2, -0.15) is 0 Å². The second-order valence-electron chi connectivity index (χ2n) is 17.3. The second kappa shape index (κ2) is 22.3. The van der Waals surface area contributed by atoms with Gasteiger partial charge in [0, 0.05) is 63.8 Å². The third-order valence-corrected chi connectivity index (χ3v) is 16.1. The Morgan fingerprint density at radius 1 is 0.586 bits per heavy atom. The highest BCUT2D eigenvalue weighted by Crippen LogP contribution is 2.36. The fourth-order valence-corrected chi connectivity index (χ4v) is 12.1. The highest BCUT2D eigenvalue weighted by atomic mass is 35.5. The lowest BCUT2D eigenvalue weighted by molar-refractivity contribution is 0.384. The average molecular weight is 1030 g/mol. The maximum atomic E-state index is 12.8. The molecule has 2 fully saturated rings. The van der Waals surface area contributed by atoms with Gasteiger partial charge in [-0.05, 0) is 124 Å². The first kappa shape index (κ1) is 51.8. The third kappa shape index (κ3) is 12.1. The predicted octanol–water partition coefficient (Wildman–Crippen LogP) is 10.2. The Hall–Kier alpha value is -6.08. The molecule has 7 aromatic rings. The molecule has 9 N–H and O–H groups in total. The smallest absolute Gasteiger partial charge is 0.240 e. The zero-order valence-electron chi connectivity index (χ0n) is 36.9. The van der Waals surface area contributed by atoms with Gasteiger partial charge in [-0.15, -0.1) is 0 Å². The van der Waals surface area contributed by atoms with Crippen molar-refractivity contribution in [3.63, 3.8) is 0 Å². The Morgan fingerprint density at radius 2 is 1.07 bits per heavy atom. The number of hydrogen-bond acceptors (Lipinski definition) is 12. The summed E-state index contributed by atoms with van der Waals surface area (Å²) in [6.07, 6.45) is 14.5. The van der Waals surface area contributed by atoms with Crippen molar-refractivity contribution in [2.75, 3.05) is 22.1 Å². The van der Waals surface area contributed by atoms with Crippen molar-refractivity contribution in [1.29, 1.82) is 0 Å². The van der Waals surface area contributed by atoms with Crippen LogP contribution in [0.3, 0.4) is 0 Å². The van der Waals surface area contributed by atoms with Gasteiger partial charge in [0.05, 0.1) is 43.6 Å². The number of anilines is 4. The summed E-state index contributed by atoms with van der Waals surface area (Å²) in [5.41, 5.74) is 19.1. The van der Waals surface area contributed by atoms with Gasteiger partial charge in [-0.25, -0.2) is 46.2 Å². The van der Waals surface area contributed by atoms with E-state index in [1.807, 2.05) is 42.6 Å². The first-order valence-corrected chi connectivity index (χ1v) is 26.2. The van der Waals surface area contributed by atoms with Crippen LogP contribution in [0.1, 0.15) is 83.0 Å². The molecule has 3 heterocycles. The summed E-state index contributed by atoms with van der Waals surface area (Å²) in [5.74, 6) is 0.966. The molecule has 3 aliphatic carbocycles. The fourth-order valence-electron chi connectivity index (χ4n) is 9.12. The summed E-state index contributed by atoms with van der Waals surface area (Å²) in [5, 5.41) is 8.78. The van der Waals surface area contributed by atoms with E-state index in [0.717, 1.165) is 72.5 Å². The lowest BCUT2D eigenvalue weighted by Crippen LogP contribution is -2.41. The summed E-state index contributed by atoms with van der Waals surface area (Å²) < 4.78 is 56.8. The van der Waals surface area contributed by atoms with Gasteiger partial charge in [0.2, 0.25) is 31.9 Å². The number of nitrogens with one attached hydrogen (secondary N) is 5. The van der Waals surface area contributed by atoms with Crippen molar-refractivity contribution in [2.24, 2.45) is 0 Å². The number of allylic oxidation sites excluding steroid dienone is 1. The van der Waals surface area contributed by atoms with Crippen LogP contribution in [0.25, 0.3) is 27.7 Å². The van der Waals surface area contributed by atoms with Crippen molar-refractivity contribution in [3.8, 4) is 11.3 Å². The van der Waals surface area contributed by atoms with Crippen LogP contribution in [0.2, 0.25) is 10.0 Å². The number of hydrogen-bond donors (Lipinski definition) is 7. The van der Waals surface area contributed by atoms with E-state index in [1.54, 1.807) is 36.7 Å². The topological polar surface area (TPSA) is 236 Å². The minimum absolute atomic E-state index is 0. The molecule has 4 aromatic carbocycles. The molecule has 3 aromatic heterocycles. The number of aromatic amines is 1. The zero-order valence-corrected chi connectivity index (χ0v) is 40.0. The zero-order chi connectivity index (χ0) is 47.4. The van der Waals surface area contributed by atoms with Gasteiger partial charge in [0.15, 0.2) is 0 Å². The van der Waals surface area contributed by atoms with Crippen molar-refractivity contribution in [2.45, 2.75) is 107 Å². The monoisotopic (exact) mass is 1020 g/mol. The Balaban J connectivity index is 0.000000201. The number of aromatic nitrogens is 5. The second-order valence-corrected chi connectivity index (χ2v) is 21.5. The summed E-state index contributed by atoms with van der Waals surface area (Å²) in [4.78, 5) is 21.8. The molecular formula is C51H59Cl2N11O4S2. The number of halogens is 2. The van der Waals surface area contributed by atoms with Crippen LogP contribution >= 0.6 is 23.2 Å². The molecule has 70 heavy (non-hydrogen) atoms. The van der Waals surface area contributed by atoms with E-state index in [1.165, 1.54) is 29.8 Å². The standard InChI is InChI=1S/C25H26ClN5O2S.C24H25ClN6O2S.2CH4/c26-23-15-28-25(30-24(23)22-13-8-16-4-1-2-7-21(16)22)29-18-5-3-6-19(14-18)31-34(32,33)20-11-9-17(27)10-12-20;25-21-14-28-24(30-23(21)20-13-27-22-7-2-1-6-19(20)22)29-16-4-3-5-17(12-16)31-34(32,33)18-10-8-15(26)9-11-18;;/h1-2,4,7,9-13,15,18-19,31H,3,5-6,8,14,27H2,(H,28,29,30);1-2,6-11,13-14,16-17,27,31H,3-5,12,26H2,(H,28,29,30);2*1H4/t18-,19+;16-,17+;;/m11../s1. The number of fused-ring (bicyclic) bond motifs is 2. The van der Waals surface area contributed by atoms with Gasteiger partial charge in [0.1, 0.15) is 0 Å². The number of rotatable bonds is 12. The molecule has 0 saturated heterocycles. The molecule has 0 unspecified atom stereocenters. The SMILES string of the molecule is C.C.Nc1ccc(S(=O)(=O)N[C@H]2CCC[C@@H](Nc3ncc(Cl)c(-c4c[nH]c5ccccc45)n3)C2)cc1.Nc1ccc(S(=O)(=O)N[C@H]2CCC[C@@H](Nc3ncc(Cl)c(C4=CCc5ccccc54)n3)C2)cc1. The maximum Gasteiger partial charge on any atom is 0.240 e. The molecule has 19 heteroatoms. The van der Waals surface area contributed by atoms with Crippen LogP contribution in [-0.4, -0.2) is 65.9 Å². The molecule has 4 atom stereocenters. The first-order valence-electron chi connectivity index (χ1n) is 22.5. The van der Waals surface area contributed by atoms with E-state index < -0.39 is 20.0 Å². The molecule has 10 rings (SSSR count).